The lowest BCUT2D eigenvalue weighted by molar-refractivity contribution is -0.355. The largest absolute Gasteiger partial charge is 0.377 e. The summed E-state index contributed by atoms with van der Waals surface area (Å²) in [5.41, 5.74) is 9.54. The van der Waals surface area contributed by atoms with Crippen molar-refractivity contribution in [2.24, 2.45) is 5.73 Å². The van der Waals surface area contributed by atoms with Crippen LogP contribution in [0.15, 0.2) is 24.3 Å². The molecule has 0 fully saturated rings. The summed E-state index contributed by atoms with van der Waals surface area (Å²) in [6.07, 6.45) is 10.1. The SMILES string of the molecule is CCCCCC(C)=[NH+]c1cc(/C=C/C(N)=O)ccc1NC(C)CCCNC. The maximum Gasteiger partial charge on any atom is 0.241 e. The highest BCUT2D eigenvalue weighted by molar-refractivity contribution is 5.90. The van der Waals surface area contributed by atoms with E-state index >= 15 is 0 Å². The first-order valence-corrected chi connectivity index (χ1v) is 10.1. The first kappa shape index (κ1) is 22.9. The molecular weight excluding hydrogens is 336 g/mol. The van der Waals surface area contributed by atoms with E-state index in [4.69, 9.17) is 5.73 Å². The third-order valence-electron chi connectivity index (χ3n) is 4.45. The van der Waals surface area contributed by atoms with E-state index in [1.807, 2.05) is 13.1 Å². The lowest BCUT2D eigenvalue weighted by atomic mass is 10.1. The number of hydrogen-bond donors (Lipinski definition) is 4. The zero-order chi connectivity index (χ0) is 20.1. The Labute approximate surface area is 164 Å². The van der Waals surface area contributed by atoms with E-state index in [0.29, 0.717) is 6.04 Å². The number of nitrogens with two attached hydrogens (primary N) is 1. The molecule has 0 aliphatic rings. The average Bonchev–Trinajstić information content (AvgIpc) is 2.62. The minimum atomic E-state index is -0.438. The maximum absolute atomic E-state index is 11.0. The average molecular weight is 374 g/mol. The number of unbranched alkanes of at least 4 members (excludes halogenated alkanes) is 2. The second-order valence-electron chi connectivity index (χ2n) is 7.19. The number of hydrogen-bond acceptors (Lipinski definition) is 3. The van der Waals surface area contributed by atoms with Crippen molar-refractivity contribution in [1.82, 2.24) is 5.32 Å². The van der Waals surface area contributed by atoms with Gasteiger partial charge in [0.2, 0.25) is 11.6 Å². The highest BCUT2D eigenvalue weighted by Gasteiger charge is 2.12. The predicted octanol–water partition coefficient (Wildman–Crippen LogP) is 2.74. The van der Waals surface area contributed by atoms with Gasteiger partial charge in [-0.3, -0.25) is 4.79 Å². The van der Waals surface area contributed by atoms with Gasteiger partial charge in [0.25, 0.3) is 0 Å². The van der Waals surface area contributed by atoms with Crippen molar-refractivity contribution in [1.29, 1.82) is 0 Å². The van der Waals surface area contributed by atoms with Gasteiger partial charge < -0.3 is 16.4 Å². The Hall–Kier alpha value is -2.14. The van der Waals surface area contributed by atoms with Gasteiger partial charge in [-0.05, 0) is 57.5 Å². The summed E-state index contributed by atoms with van der Waals surface area (Å²) >= 11 is 0. The molecule has 1 aromatic rings. The first-order valence-electron chi connectivity index (χ1n) is 10.1. The van der Waals surface area contributed by atoms with E-state index in [-0.39, 0.29) is 0 Å². The Bertz CT molecular complexity index is 637. The van der Waals surface area contributed by atoms with Crippen molar-refractivity contribution in [3.05, 3.63) is 29.8 Å². The molecule has 150 valence electrons. The second kappa shape index (κ2) is 13.1. The third kappa shape index (κ3) is 9.94. The molecule has 5 N–H and O–H groups in total. The Kier molecular flexibility index (Phi) is 11.1. The molecule has 0 bridgehead atoms. The highest BCUT2D eigenvalue weighted by atomic mass is 16.1. The van der Waals surface area contributed by atoms with Crippen LogP contribution in [0.1, 0.15) is 64.9 Å². The minimum Gasteiger partial charge on any atom is -0.377 e. The first-order chi connectivity index (χ1) is 13.0. The minimum absolute atomic E-state index is 0.381. The molecule has 1 aromatic carbocycles. The molecular formula is C22H37N4O+. The van der Waals surface area contributed by atoms with Crippen LogP contribution in [-0.4, -0.2) is 31.3 Å². The van der Waals surface area contributed by atoms with Gasteiger partial charge in [0.15, 0.2) is 5.71 Å². The van der Waals surface area contributed by atoms with Crippen molar-refractivity contribution >= 4 is 29.1 Å². The van der Waals surface area contributed by atoms with Gasteiger partial charge >= 0.3 is 0 Å². The number of carbonyl (C=O) groups excluding carboxylic acids is 1. The van der Waals surface area contributed by atoms with Crippen LogP contribution in [0.3, 0.4) is 0 Å². The van der Waals surface area contributed by atoms with Crippen molar-refractivity contribution in [2.75, 3.05) is 18.9 Å². The van der Waals surface area contributed by atoms with Crippen molar-refractivity contribution in [2.45, 2.75) is 65.3 Å². The lowest BCUT2D eigenvalue weighted by Gasteiger charge is -2.15. The monoisotopic (exact) mass is 373 g/mol. The fraction of sp³-hybridized carbons (Fsp3) is 0.545. The van der Waals surface area contributed by atoms with E-state index in [0.717, 1.165) is 42.7 Å². The Morgan fingerprint density at radius 1 is 1.30 bits per heavy atom. The third-order valence-corrected chi connectivity index (χ3v) is 4.45. The van der Waals surface area contributed by atoms with Crippen LogP contribution in [0, 0.1) is 0 Å². The summed E-state index contributed by atoms with van der Waals surface area (Å²) in [5.74, 6) is -0.438. The number of benzene rings is 1. The number of nitrogens with one attached hydrogen (secondary N) is 3. The van der Waals surface area contributed by atoms with Gasteiger partial charge in [0.1, 0.15) is 5.69 Å². The fourth-order valence-electron chi connectivity index (χ4n) is 2.93. The van der Waals surface area contributed by atoms with Gasteiger partial charge in [-0.2, -0.15) is 0 Å². The van der Waals surface area contributed by atoms with E-state index in [1.54, 1.807) is 6.08 Å². The molecule has 27 heavy (non-hydrogen) atoms. The second-order valence-corrected chi connectivity index (χ2v) is 7.19. The molecule has 1 rings (SSSR count). The zero-order valence-corrected chi connectivity index (χ0v) is 17.4. The Morgan fingerprint density at radius 3 is 2.74 bits per heavy atom. The topological polar surface area (TPSA) is 81.1 Å². The lowest BCUT2D eigenvalue weighted by Crippen LogP contribution is -2.65. The molecule has 0 saturated carbocycles. The van der Waals surface area contributed by atoms with Gasteiger partial charge in [0, 0.05) is 31.5 Å². The molecule has 5 heteroatoms. The Morgan fingerprint density at radius 2 is 2.07 bits per heavy atom. The summed E-state index contributed by atoms with van der Waals surface area (Å²) in [6.45, 7) is 7.59. The van der Waals surface area contributed by atoms with Crippen LogP contribution in [0.25, 0.3) is 6.08 Å². The molecule has 0 radical (unpaired) electrons. The zero-order valence-electron chi connectivity index (χ0n) is 17.4. The Balaban J connectivity index is 2.98. The normalized spacial score (nSPS) is 13.1. The standard InChI is InChI=1S/C22H36N4O/c1-5-6-7-9-17(2)26-21-16-19(12-14-22(23)27)11-13-20(21)25-18(3)10-8-15-24-4/h11-14,16,18,24-25H,5-10,15H2,1-4H3,(H2,23,27)/p+1/b14-12+,26-17?. The fourth-order valence-corrected chi connectivity index (χ4v) is 2.93. The van der Waals surface area contributed by atoms with E-state index < -0.39 is 5.91 Å². The maximum atomic E-state index is 11.0. The van der Waals surface area contributed by atoms with Gasteiger partial charge in [-0.25, -0.2) is 4.99 Å². The number of rotatable bonds is 13. The van der Waals surface area contributed by atoms with Crippen LogP contribution < -0.4 is 21.4 Å². The molecule has 1 unspecified atom stereocenters. The molecule has 0 saturated heterocycles. The molecule has 1 atom stereocenters. The summed E-state index contributed by atoms with van der Waals surface area (Å²) in [4.78, 5) is 14.6. The summed E-state index contributed by atoms with van der Waals surface area (Å²) in [6, 6.07) is 6.51. The van der Waals surface area contributed by atoms with E-state index in [1.165, 1.54) is 31.1 Å². The van der Waals surface area contributed by atoms with Crippen molar-refractivity contribution < 1.29 is 9.79 Å². The number of amides is 1. The highest BCUT2D eigenvalue weighted by Crippen LogP contribution is 2.21. The number of carbonyl (C=O) groups is 1. The molecule has 0 aromatic heterocycles. The summed E-state index contributed by atoms with van der Waals surface area (Å²) < 4.78 is 0. The smallest absolute Gasteiger partial charge is 0.241 e. The van der Waals surface area contributed by atoms with Crippen molar-refractivity contribution in [3.8, 4) is 0 Å². The van der Waals surface area contributed by atoms with Gasteiger partial charge in [0.05, 0.1) is 0 Å². The van der Waals surface area contributed by atoms with E-state index in [9.17, 15) is 4.79 Å². The van der Waals surface area contributed by atoms with E-state index in [2.05, 4.69) is 48.5 Å². The molecule has 0 spiro atoms. The van der Waals surface area contributed by atoms with Crippen LogP contribution >= 0.6 is 0 Å². The predicted molar refractivity (Wildman–Crippen MR) is 116 cm³/mol. The van der Waals surface area contributed by atoms with Crippen molar-refractivity contribution in [3.63, 3.8) is 0 Å². The van der Waals surface area contributed by atoms with Crippen LogP contribution in [0.2, 0.25) is 0 Å². The molecule has 5 nitrogen and oxygen atoms in total. The summed E-state index contributed by atoms with van der Waals surface area (Å²) in [5, 5.41) is 6.81. The quantitative estimate of drug-likeness (QED) is 0.244. The molecule has 1 amide bonds. The van der Waals surface area contributed by atoms with Crippen LogP contribution in [0.5, 0.6) is 0 Å². The van der Waals surface area contributed by atoms with Crippen LogP contribution in [0.4, 0.5) is 11.4 Å². The summed E-state index contributed by atoms with van der Waals surface area (Å²) in [7, 11) is 1.98. The van der Waals surface area contributed by atoms with Gasteiger partial charge in [-0.15, -0.1) is 0 Å². The molecule has 0 heterocycles. The number of anilines is 1. The molecule has 0 aliphatic heterocycles. The van der Waals surface area contributed by atoms with Crippen LogP contribution in [-0.2, 0) is 4.79 Å². The van der Waals surface area contributed by atoms with Gasteiger partial charge in [-0.1, -0.05) is 25.8 Å². The number of primary amides is 1. The molecule has 0 aliphatic carbocycles.